The molecule has 48 heavy (non-hydrogen) atoms. The second kappa shape index (κ2) is 10.9. The maximum atomic E-state index is 14.1. The van der Waals surface area contributed by atoms with Crippen molar-refractivity contribution in [2.45, 2.75) is 108 Å². The fourth-order valence-electron chi connectivity index (χ4n) is 8.43. The van der Waals surface area contributed by atoms with Crippen molar-refractivity contribution in [2.24, 2.45) is 0 Å². The molecule has 0 saturated carbocycles. The van der Waals surface area contributed by atoms with Crippen molar-refractivity contribution in [1.82, 2.24) is 9.97 Å². The topological polar surface area (TPSA) is 176 Å². The highest BCUT2D eigenvalue weighted by molar-refractivity contribution is 5.88. The van der Waals surface area contributed by atoms with Crippen molar-refractivity contribution in [3.8, 4) is 22.8 Å². The van der Waals surface area contributed by atoms with E-state index in [1.165, 1.54) is 6.07 Å². The number of carbonyl (C=O) groups excluding carboxylic acids is 1. The number of nitrogen functional groups attached to an aromatic ring is 2. The largest absolute Gasteiger partial charge is 0.507 e. The average molecular weight is 653 g/mol. The number of esters is 1. The SMILES string of the molecule is Cc1cc(=O)c2c(O)c3c(cc2o1)OC(C)(C)C1OC(=O)C2(CCCCC31)OC2CCc1cc(N)nc2c1CCCc1c-2ccnc1N. The lowest BCUT2D eigenvalue weighted by Gasteiger charge is -2.44. The summed E-state index contributed by atoms with van der Waals surface area (Å²) in [7, 11) is 0. The summed E-state index contributed by atoms with van der Waals surface area (Å²) in [6.45, 7) is 5.45. The van der Waals surface area contributed by atoms with Crippen LogP contribution in [0.1, 0.15) is 86.3 Å². The van der Waals surface area contributed by atoms with E-state index in [1.807, 2.05) is 26.0 Å². The van der Waals surface area contributed by atoms with E-state index in [9.17, 15) is 14.7 Å². The van der Waals surface area contributed by atoms with Crippen LogP contribution in [0, 0.1) is 6.92 Å². The minimum absolute atomic E-state index is 0.105. The second-order valence-electron chi connectivity index (χ2n) is 14.3. The molecule has 3 aromatic heterocycles. The molecular weight excluding hydrogens is 612 g/mol. The number of benzene rings is 1. The number of phenols is 1. The van der Waals surface area contributed by atoms with Crippen LogP contribution in [0.15, 0.2) is 39.7 Å². The summed E-state index contributed by atoms with van der Waals surface area (Å²) in [5.74, 6) is 0.871. The first kappa shape index (κ1) is 30.7. The third kappa shape index (κ3) is 4.81. The van der Waals surface area contributed by atoms with Gasteiger partial charge in [-0.15, -0.1) is 0 Å². The minimum atomic E-state index is -1.04. The van der Waals surface area contributed by atoms with Gasteiger partial charge in [0.15, 0.2) is 11.0 Å². The van der Waals surface area contributed by atoms with Gasteiger partial charge in [0.25, 0.3) is 0 Å². The Morgan fingerprint density at radius 1 is 1.06 bits per heavy atom. The molecule has 8 rings (SSSR count). The molecule has 0 radical (unpaired) electrons. The number of nitrogens with zero attached hydrogens (tertiary/aromatic N) is 2. The molecule has 6 heterocycles. The van der Waals surface area contributed by atoms with E-state index in [-0.39, 0.29) is 34.2 Å². The Labute approximate surface area is 277 Å². The molecule has 1 aromatic carbocycles. The number of pyridine rings is 2. The van der Waals surface area contributed by atoms with Gasteiger partial charge >= 0.3 is 5.97 Å². The predicted molar refractivity (Wildman–Crippen MR) is 179 cm³/mol. The van der Waals surface area contributed by atoms with Crippen LogP contribution in [0.25, 0.3) is 22.2 Å². The van der Waals surface area contributed by atoms with Gasteiger partial charge in [-0.25, -0.2) is 14.8 Å². The van der Waals surface area contributed by atoms with Gasteiger partial charge in [-0.2, -0.15) is 0 Å². The fraction of sp³-hybridized carbons (Fsp3) is 0.459. The molecule has 4 aromatic rings. The number of hydrogen-bond donors (Lipinski definition) is 3. The van der Waals surface area contributed by atoms with Crippen molar-refractivity contribution in [1.29, 1.82) is 0 Å². The summed E-state index contributed by atoms with van der Waals surface area (Å²) in [5, 5.41) is 11.6. The van der Waals surface area contributed by atoms with Crippen molar-refractivity contribution in [3.63, 3.8) is 0 Å². The van der Waals surface area contributed by atoms with Gasteiger partial charge in [0.2, 0.25) is 0 Å². The van der Waals surface area contributed by atoms with Crippen molar-refractivity contribution < 1.29 is 28.5 Å². The number of phenolic OH excluding ortho intramolecular Hbond substituents is 1. The number of aromatic nitrogens is 2. The molecule has 250 valence electrons. The lowest BCUT2D eigenvalue weighted by Crippen LogP contribution is -2.52. The highest BCUT2D eigenvalue weighted by Gasteiger charge is 2.64. The van der Waals surface area contributed by atoms with E-state index in [4.69, 9.17) is 35.1 Å². The summed E-state index contributed by atoms with van der Waals surface area (Å²) in [4.78, 5) is 36.0. The molecule has 11 heteroatoms. The van der Waals surface area contributed by atoms with Crippen LogP contribution in [0.5, 0.6) is 11.5 Å². The molecule has 1 aliphatic carbocycles. The quantitative estimate of drug-likeness (QED) is 0.190. The molecule has 3 aliphatic heterocycles. The van der Waals surface area contributed by atoms with E-state index < -0.39 is 23.3 Å². The Kier molecular flexibility index (Phi) is 7.00. The zero-order valence-corrected chi connectivity index (χ0v) is 27.4. The maximum Gasteiger partial charge on any atom is 0.341 e. The smallest absolute Gasteiger partial charge is 0.341 e. The predicted octanol–water partition coefficient (Wildman–Crippen LogP) is 5.43. The number of aromatic hydroxyl groups is 1. The summed E-state index contributed by atoms with van der Waals surface area (Å²) in [6, 6.07) is 6.93. The van der Waals surface area contributed by atoms with Gasteiger partial charge in [-0.1, -0.05) is 6.42 Å². The zero-order chi connectivity index (χ0) is 33.5. The molecule has 4 atom stereocenters. The Hall–Kier alpha value is -4.64. The summed E-state index contributed by atoms with van der Waals surface area (Å²) < 4.78 is 24.8. The number of ether oxygens (including phenoxy) is 3. The minimum Gasteiger partial charge on any atom is -0.507 e. The summed E-state index contributed by atoms with van der Waals surface area (Å²) >= 11 is 0. The highest BCUT2D eigenvalue weighted by atomic mass is 16.7. The van der Waals surface area contributed by atoms with E-state index in [0.717, 1.165) is 60.1 Å². The number of fused-ring (bicyclic) bond motifs is 7. The average Bonchev–Trinajstić information content (AvgIpc) is 3.75. The second-order valence-corrected chi connectivity index (χ2v) is 14.3. The molecule has 1 spiro atoms. The fourth-order valence-corrected chi connectivity index (χ4v) is 8.43. The third-order valence-electron chi connectivity index (χ3n) is 10.7. The van der Waals surface area contributed by atoms with Crippen molar-refractivity contribution in [3.05, 3.63) is 68.7 Å². The number of epoxide rings is 1. The maximum absolute atomic E-state index is 14.1. The number of nitrogens with two attached hydrogens (primary N) is 2. The van der Waals surface area contributed by atoms with Gasteiger partial charge < -0.3 is 35.2 Å². The van der Waals surface area contributed by atoms with Crippen molar-refractivity contribution >= 4 is 28.6 Å². The molecule has 2 fully saturated rings. The van der Waals surface area contributed by atoms with E-state index in [1.54, 1.807) is 19.2 Å². The number of aryl methyl sites for hydroxylation is 2. The Morgan fingerprint density at radius 2 is 1.88 bits per heavy atom. The summed E-state index contributed by atoms with van der Waals surface area (Å²) in [6.07, 6.45) is 7.24. The molecule has 11 nitrogen and oxygen atoms in total. The van der Waals surface area contributed by atoms with Crippen LogP contribution in [0.4, 0.5) is 11.6 Å². The summed E-state index contributed by atoms with van der Waals surface area (Å²) in [5.41, 5.74) is 16.1. The highest BCUT2D eigenvalue weighted by Crippen LogP contribution is 2.54. The monoisotopic (exact) mass is 652 g/mol. The molecule has 2 saturated heterocycles. The first-order valence-corrected chi connectivity index (χ1v) is 16.9. The zero-order valence-electron chi connectivity index (χ0n) is 27.4. The van der Waals surface area contributed by atoms with Gasteiger partial charge in [0.1, 0.15) is 51.6 Å². The molecule has 0 bridgehead atoms. The van der Waals surface area contributed by atoms with Crippen molar-refractivity contribution in [2.75, 3.05) is 11.5 Å². The van der Waals surface area contributed by atoms with E-state index >= 15 is 0 Å². The lowest BCUT2D eigenvalue weighted by atomic mass is 9.77. The molecule has 4 unspecified atom stereocenters. The number of hydrogen-bond acceptors (Lipinski definition) is 11. The Balaban J connectivity index is 1.07. The van der Waals surface area contributed by atoms with Gasteiger partial charge in [-0.05, 0) is 95.4 Å². The van der Waals surface area contributed by atoms with Crippen LogP contribution in [-0.4, -0.2) is 44.5 Å². The van der Waals surface area contributed by atoms with Gasteiger partial charge in [0.05, 0.1) is 11.8 Å². The standard InChI is InChI=1S/C37H40N4O7/c1-18-15-24(42)30-25(45-18)17-26-29(32(30)43)23-7-4-5-13-37(35(44)46-33(23)36(2,3)47-26)27(48-37)11-10-19-16-28(38)41-31-20(19)8-6-9-22-21(31)12-14-40-34(22)39/h12,14-17,23,27,33,43H,4-11,13H2,1-3H3,(H2,38,41)(H2,39,40). The molecule has 0 amide bonds. The molecular formula is C37H40N4O7. The normalized spacial score (nSPS) is 25.6. The Bertz CT molecular complexity index is 2060. The van der Waals surface area contributed by atoms with Crippen LogP contribution < -0.4 is 21.6 Å². The number of carbonyl (C=O) groups is 1. The van der Waals surface area contributed by atoms with Crippen LogP contribution in [0.2, 0.25) is 0 Å². The van der Waals surface area contributed by atoms with Crippen LogP contribution in [0.3, 0.4) is 0 Å². The molecule has 5 N–H and O–H groups in total. The van der Waals surface area contributed by atoms with Crippen LogP contribution in [-0.2, 0) is 33.5 Å². The Morgan fingerprint density at radius 3 is 2.71 bits per heavy atom. The van der Waals surface area contributed by atoms with Gasteiger partial charge in [-0.3, -0.25) is 4.79 Å². The first-order valence-electron chi connectivity index (χ1n) is 16.9. The number of anilines is 2. The lowest BCUT2D eigenvalue weighted by molar-refractivity contribution is -0.170. The van der Waals surface area contributed by atoms with E-state index in [0.29, 0.717) is 54.4 Å². The van der Waals surface area contributed by atoms with Gasteiger partial charge in [0, 0.05) is 40.9 Å². The molecule has 4 aliphatic rings. The van der Waals surface area contributed by atoms with Crippen LogP contribution >= 0.6 is 0 Å². The van der Waals surface area contributed by atoms with E-state index in [2.05, 4.69) is 4.98 Å². The first-order chi connectivity index (χ1) is 23.0. The third-order valence-corrected chi connectivity index (χ3v) is 10.7. The number of rotatable bonds is 3.